The highest BCUT2D eigenvalue weighted by Gasteiger charge is 2.23. The Labute approximate surface area is 144 Å². The van der Waals surface area contributed by atoms with Gasteiger partial charge >= 0.3 is 5.97 Å². The van der Waals surface area contributed by atoms with Gasteiger partial charge in [-0.05, 0) is 36.8 Å². The van der Waals surface area contributed by atoms with Crippen LogP contribution in [0.15, 0.2) is 24.3 Å². The highest BCUT2D eigenvalue weighted by atomic mass is 16.5. The molecule has 1 fully saturated rings. The van der Waals surface area contributed by atoms with Crippen LogP contribution in [0.2, 0.25) is 0 Å². The number of hydrogen-bond acceptors (Lipinski definition) is 5. The van der Waals surface area contributed by atoms with Crippen molar-refractivity contribution in [2.75, 3.05) is 19.8 Å². The first kappa shape index (κ1) is 18.7. The molecule has 2 N–H and O–H groups in total. The molecule has 24 heavy (non-hydrogen) atoms. The Kier molecular flexibility index (Phi) is 7.53. The highest BCUT2D eigenvalue weighted by molar-refractivity contribution is 5.69. The molecule has 0 heterocycles. The van der Waals surface area contributed by atoms with Crippen LogP contribution in [0.5, 0.6) is 5.75 Å². The Morgan fingerprint density at radius 3 is 2.79 bits per heavy atom. The van der Waals surface area contributed by atoms with E-state index in [1.807, 2.05) is 38.1 Å². The predicted molar refractivity (Wildman–Crippen MR) is 93.1 cm³/mol. The van der Waals surface area contributed by atoms with Gasteiger partial charge in [-0.1, -0.05) is 32.0 Å². The molecule has 0 aliphatic heterocycles. The number of para-hydroxylation sites is 1. The van der Waals surface area contributed by atoms with E-state index in [-0.39, 0.29) is 12.6 Å². The van der Waals surface area contributed by atoms with Gasteiger partial charge in [0.1, 0.15) is 18.5 Å². The number of aryl methyl sites for hydroxylation is 1. The van der Waals surface area contributed by atoms with E-state index in [9.17, 15) is 9.90 Å². The summed E-state index contributed by atoms with van der Waals surface area (Å²) in [4.78, 5) is 11.8. The van der Waals surface area contributed by atoms with Crippen molar-refractivity contribution in [2.24, 2.45) is 5.92 Å². The number of hydrogen-bond donors (Lipinski definition) is 2. The minimum absolute atomic E-state index is 0.155. The summed E-state index contributed by atoms with van der Waals surface area (Å²) in [5, 5.41) is 13.1. The molecule has 1 aromatic carbocycles. The quantitative estimate of drug-likeness (QED) is 0.608. The molecule has 1 unspecified atom stereocenters. The zero-order valence-corrected chi connectivity index (χ0v) is 14.7. The Morgan fingerprint density at radius 1 is 1.33 bits per heavy atom. The molecule has 1 saturated carbocycles. The summed E-state index contributed by atoms with van der Waals surface area (Å²) in [6.07, 6.45) is 2.73. The van der Waals surface area contributed by atoms with Crippen molar-refractivity contribution < 1.29 is 19.4 Å². The second-order valence-corrected chi connectivity index (χ2v) is 6.76. The molecule has 0 amide bonds. The van der Waals surface area contributed by atoms with Crippen LogP contribution in [-0.4, -0.2) is 43.0 Å². The Morgan fingerprint density at radius 2 is 2.08 bits per heavy atom. The van der Waals surface area contributed by atoms with Crippen molar-refractivity contribution in [3.8, 4) is 5.75 Å². The zero-order valence-electron chi connectivity index (χ0n) is 14.7. The largest absolute Gasteiger partial charge is 0.491 e. The van der Waals surface area contributed by atoms with E-state index in [1.54, 1.807) is 0 Å². The van der Waals surface area contributed by atoms with Gasteiger partial charge in [0.05, 0.1) is 6.61 Å². The van der Waals surface area contributed by atoms with Gasteiger partial charge in [-0.25, -0.2) is 0 Å². The van der Waals surface area contributed by atoms with E-state index in [4.69, 9.17) is 9.47 Å². The standard InChI is InChI=1S/C19H29NO4/c1-14(2)20-11-17(21)13-23-18-6-4-3-5-16(18)9-10-19(22)24-12-15-7-8-15/h3-6,14-15,17,20-21H,7-13H2,1-2H3. The number of aliphatic hydroxyl groups excluding tert-OH is 1. The third-order valence-corrected chi connectivity index (χ3v) is 3.94. The molecular formula is C19H29NO4. The lowest BCUT2D eigenvalue weighted by atomic mass is 10.1. The van der Waals surface area contributed by atoms with Gasteiger partial charge in [0.15, 0.2) is 0 Å². The molecule has 0 bridgehead atoms. The van der Waals surface area contributed by atoms with E-state index in [0.29, 0.717) is 38.0 Å². The van der Waals surface area contributed by atoms with Crippen LogP contribution >= 0.6 is 0 Å². The van der Waals surface area contributed by atoms with Crippen LogP contribution in [-0.2, 0) is 16.0 Å². The lowest BCUT2D eigenvalue weighted by Crippen LogP contribution is -2.35. The Balaban J connectivity index is 1.75. The van der Waals surface area contributed by atoms with Crippen molar-refractivity contribution in [3.05, 3.63) is 29.8 Å². The molecule has 134 valence electrons. The summed E-state index contributed by atoms with van der Waals surface area (Å²) in [5.41, 5.74) is 0.963. The minimum atomic E-state index is -0.566. The van der Waals surface area contributed by atoms with E-state index in [2.05, 4.69) is 5.32 Å². The summed E-state index contributed by atoms with van der Waals surface area (Å²) in [6.45, 7) is 5.35. The highest BCUT2D eigenvalue weighted by Crippen LogP contribution is 2.29. The van der Waals surface area contributed by atoms with Crippen molar-refractivity contribution in [1.29, 1.82) is 0 Å². The van der Waals surface area contributed by atoms with E-state index in [1.165, 1.54) is 12.8 Å². The average molecular weight is 335 g/mol. The first-order chi connectivity index (χ1) is 11.5. The summed E-state index contributed by atoms with van der Waals surface area (Å²) < 4.78 is 11.0. The first-order valence-electron chi connectivity index (χ1n) is 8.82. The van der Waals surface area contributed by atoms with Gasteiger partial charge < -0.3 is 19.9 Å². The maximum atomic E-state index is 11.8. The summed E-state index contributed by atoms with van der Waals surface area (Å²) in [7, 11) is 0. The number of esters is 1. The van der Waals surface area contributed by atoms with Crippen LogP contribution < -0.4 is 10.1 Å². The van der Waals surface area contributed by atoms with Gasteiger partial charge in [-0.2, -0.15) is 0 Å². The molecule has 0 radical (unpaired) electrons. The number of carbonyl (C=O) groups is 1. The number of rotatable bonds is 11. The van der Waals surface area contributed by atoms with Crippen molar-refractivity contribution >= 4 is 5.97 Å². The van der Waals surface area contributed by atoms with Gasteiger partial charge in [0, 0.05) is 19.0 Å². The zero-order chi connectivity index (χ0) is 17.4. The smallest absolute Gasteiger partial charge is 0.306 e. The molecular weight excluding hydrogens is 306 g/mol. The number of carbonyl (C=O) groups excluding carboxylic acids is 1. The Hall–Kier alpha value is -1.59. The second kappa shape index (κ2) is 9.64. The predicted octanol–water partition coefficient (Wildman–Crippen LogP) is 2.31. The fourth-order valence-corrected chi connectivity index (χ4v) is 2.27. The fraction of sp³-hybridized carbons (Fsp3) is 0.632. The van der Waals surface area contributed by atoms with Gasteiger partial charge in [0.2, 0.25) is 0 Å². The van der Waals surface area contributed by atoms with Crippen LogP contribution in [0.4, 0.5) is 0 Å². The molecule has 1 atom stereocenters. The third-order valence-electron chi connectivity index (χ3n) is 3.94. The van der Waals surface area contributed by atoms with E-state index < -0.39 is 6.10 Å². The Bertz CT molecular complexity index is 514. The second-order valence-electron chi connectivity index (χ2n) is 6.76. The maximum Gasteiger partial charge on any atom is 0.306 e. The van der Waals surface area contributed by atoms with Gasteiger partial charge in [0.25, 0.3) is 0 Å². The normalized spacial score (nSPS) is 15.3. The number of aliphatic hydroxyl groups is 1. The van der Waals surface area contributed by atoms with Crippen molar-refractivity contribution in [3.63, 3.8) is 0 Å². The van der Waals surface area contributed by atoms with E-state index >= 15 is 0 Å². The summed E-state index contributed by atoms with van der Waals surface area (Å²) >= 11 is 0. The molecule has 1 aliphatic carbocycles. The fourth-order valence-electron chi connectivity index (χ4n) is 2.27. The van der Waals surface area contributed by atoms with Gasteiger partial charge in [-0.3, -0.25) is 4.79 Å². The molecule has 0 saturated heterocycles. The van der Waals surface area contributed by atoms with Gasteiger partial charge in [-0.15, -0.1) is 0 Å². The molecule has 0 spiro atoms. The number of benzene rings is 1. The first-order valence-corrected chi connectivity index (χ1v) is 8.82. The summed E-state index contributed by atoms with van der Waals surface area (Å²) in [6, 6.07) is 7.96. The molecule has 2 rings (SSSR count). The lowest BCUT2D eigenvalue weighted by Gasteiger charge is -2.16. The number of nitrogens with one attached hydrogen (secondary N) is 1. The molecule has 0 aromatic heterocycles. The van der Waals surface area contributed by atoms with Crippen LogP contribution in [0.3, 0.4) is 0 Å². The topological polar surface area (TPSA) is 67.8 Å². The SMILES string of the molecule is CC(C)NCC(O)COc1ccccc1CCC(=O)OCC1CC1. The lowest BCUT2D eigenvalue weighted by molar-refractivity contribution is -0.144. The van der Waals surface area contributed by atoms with Crippen molar-refractivity contribution in [2.45, 2.75) is 51.7 Å². The molecule has 5 heteroatoms. The van der Waals surface area contributed by atoms with Crippen LogP contribution in [0.1, 0.15) is 38.7 Å². The van der Waals surface area contributed by atoms with Crippen molar-refractivity contribution in [1.82, 2.24) is 5.32 Å². The minimum Gasteiger partial charge on any atom is -0.491 e. The van der Waals surface area contributed by atoms with E-state index in [0.717, 1.165) is 11.3 Å². The van der Waals surface area contributed by atoms with Crippen LogP contribution in [0, 0.1) is 5.92 Å². The average Bonchev–Trinajstić information content (AvgIpc) is 3.39. The monoisotopic (exact) mass is 335 g/mol. The van der Waals surface area contributed by atoms with Crippen LogP contribution in [0.25, 0.3) is 0 Å². The molecule has 1 aliphatic rings. The third kappa shape index (κ3) is 7.32. The maximum absolute atomic E-state index is 11.8. The number of ether oxygens (including phenoxy) is 2. The molecule has 5 nitrogen and oxygen atoms in total. The molecule has 1 aromatic rings. The summed E-state index contributed by atoms with van der Waals surface area (Å²) in [5.74, 6) is 1.15.